The maximum absolute atomic E-state index is 12.6. The fraction of sp³-hybridized carbons (Fsp3) is 0.700. The van der Waals surface area contributed by atoms with Crippen molar-refractivity contribution in [2.45, 2.75) is 45.8 Å². The minimum absolute atomic E-state index is 0.109. The van der Waals surface area contributed by atoms with Crippen molar-refractivity contribution in [2.75, 3.05) is 0 Å². The van der Waals surface area contributed by atoms with Gasteiger partial charge in [-0.1, -0.05) is 6.92 Å². The molecule has 86 valence electrons. The molecule has 0 bridgehead atoms. The van der Waals surface area contributed by atoms with Crippen LogP contribution in [0.2, 0.25) is 0 Å². The lowest BCUT2D eigenvalue weighted by atomic mass is 10.1. The highest BCUT2D eigenvalue weighted by molar-refractivity contribution is 5.21. The van der Waals surface area contributed by atoms with Gasteiger partial charge in [-0.3, -0.25) is 4.68 Å². The molecular formula is C10H15F3N2. The van der Waals surface area contributed by atoms with Crippen molar-refractivity contribution >= 4 is 0 Å². The molecule has 0 N–H and O–H groups in total. The maximum Gasteiger partial charge on any atom is 0.419 e. The van der Waals surface area contributed by atoms with E-state index in [-0.39, 0.29) is 12.1 Å². The topological polar surface area (TPSA) is 17.8 Å². The van der Waals surface area contributed by atoms with Crippen LogP contribution in [-0.2, 0) is 18.1 Å². The number of hydrogen-bond acceptors (Lipinski definition) is 1. The van der Waals surface area contributed by atoms with Crippen molar-refractivity contribution in [3.63, 3.8) is 0 Å². The van der Waals surface area contributed by atoms with Crippen LogP contribution in [0.1, 0.15) is 39.0 Å². The summed E-state index contributed by atoms with van der Waals surface area (Å²) in [5.74, 6) is 0. The summed E-state index contributed by atoms with van der Waals surface area (Å²) >= 11 is 0. The van der Waals surface area contributed by atoms with Gasteiger partial charge in [0.1, 0.15) is 0 Å². The highest BCUT2D eigenvalue weighted by Gasteiger charge is 2.36. The van der Waals surface area contributed by atoms with Crippen molar-refractivity contribution in [3.05, 3.63) is 17.5 Å². The lowest BCUT2D eigenvalue weighted by Gasteiger charge is -2.18. The maximum atomic E-state index is 12.6. The van der Waals surface area contributed by atoms with Crippen LogP contribution in [0, 0.1) is 0 Å². The average molecular weight is 220 g/mol. The zero-order valence-corrected chi connectivity index (χ0v) is 9.31. The van der Waals surface area contributed by atoms with Crippen LogP contribution in [-0.4, -0.2) is 9.78 Å². The van der Waals surface area contributed by atoms with Crippen molar-refractivity contribution in [1.82, 2.24) is 9.78 Å². The van der Waals surface area contributed by atoms with E-state index in [9.17, 15) is 13.2 Å². The Balaban J connectivity index is 3.24. The first-order chi connectivity index (χ1) is 6.66. The third-order valence-electron chi connectivity index (χ3n) is 2.12. The second kappa shape index (κ2) is 3.54. The summed E-state index contributed by atoms with van der Waals surface area (Å²) in [5.41, 5.74) is -0.940. The van der Waals surface area contributed by atoms with Gasteiger partial charge in [-0.05, 0) is 27.2 Å². The van der Waals surface area contributed by atoms with Gasteiger partial charge in [0.15, 0.2) is 0 Å². The minimum Gasteiger partial charge on any atom is -0.267 e. The molecule has 1 rings (SSSR count). The molecule has 2 nitrogen and oxygen atoms in total. The molecule has 0 atom stereocenters. The molecule has 0 unspecified atom stereocenters. The molecule has 1 aromatic heterocycles. The zero-order valence-electron chi connectivity index (χ0n) is 9.31. The van der Waals surface area contributed by atoms with E-state index in [0.29, 0.717) is 0 Å². The number of halogens is 3. The van der Waals surface area contributed by atoms with Crippen molar-refractivity contribution < 1.29 is 13.2 Å². The summed E-state index contributed by atoms with van der Waals surface area (Å²) in [4.78, 5) is 0. The van der Waals surface area contributed by atoms with Gasteiger partial charge in [0.25, 0.3) is 0 Å². The number of hydrogen-bond donors (Lipinski definition) is 0. The summed E-state index contributed by atoms with van der Waals surface area (Å²) in [6.45, 7) is 7.13. The molecule has 0 aliphatic carbocycles. The SMILES string of the molecule is CCc1nn(C(C)(C)C)cc1C(F)(F)F. The van der Waals surface area contributed by atoms with Gasteiger partial charge >= 0.3 is 6.18 Å². The predicted molar refractivity (Wildman–Crippen MR) is 51.6 cm³/mol. The number of aromatic nitrogens is 2. The monoisotopic (exact) mass is 220 g/mol. The Morgan fingerprint density at radius 2 is 1.80 bits per heavy atom. The largest absolute Gasteiger partial charge is 0.419 e. The standard InChI is InChI=1S/C10H15F3N2/c1-5-8-7(10(11,12)13)6-15(14-8)9(2,3)4/h6H,5H2,1-4H3. The zero-order chi connectivity index (χ0) is 11.9. The van der Waals surface area contributed by atoms with Crippen LogP contribution in [0.15, 0.2) is 6.20 Å². The summed E-state index contributed by atoms with van der Waals surface area (Å²) in [5, 5.41) is 3.96. The Morgan fingerprint density at radius 3 is 2.07 bits per heavy atom. The van der Waals surface area contributed by atoms with Crippen molar-refractivity contribution in [1.29, 1.82) is 0 Å². The van der Waals surface area contributed by atoms with Crippen molar-refractivity contribution in [3.8, 4) is 0 Å². The lowest BCUT2D eigenvalue weighted by Crippen LogP contribution is -2.22. The molecule has 0 radical (unpaired) electrons. The molecule has 15 heavy (non-hydrogen) atoms. The second-order valence-electron chi connectivity index (χ2n) is 4.46. The summed E-state index contributed by atoms with van der Waals surface area (Å²) < 4.78 is 39.1. The third kappa shape index (κ3) is 2.52. The highest BCUT2D eigenvalue weighted by Crippen LogP contribution is 2.32. The highest BCUT2D eigenvalue weighted by atomic mass is 19.4. The molecule has 0 saturated heterocycles. The predicted octanol–water partition coefficient (Wildman–Crippen LogP) is 3.22. The smallest absolute Gasteiger partial charge is 0.267 e. The fourth-order valence-electron chi connectivity index (χ4n) is 1.25. The molecule has 0 amide bonds. The Morgan fingerprint density at radius 1 is 1.27 bits per heavy atom. The Hall–Kier alpha value is -1.00. The molecular weight excluding hydrogens is 205 g/mol. The number of aryl methyl sites for hydroxylation is 1. The van der Waals surface area contributed by atoms with Crippen molar-refractivity contribution in [2.24, 2.45) is 0 Å². The van der Waals surface area contributed by atoms with Gasteiger partial charge in [0.05, 0.1) is 16.8 Å². The van der Waals surface area contributed by atoms with E-state index in [1.165, 1.54) is 4.68 Å². The minimum atomic E-state index is -4.31. The molecule has 0 saturated carbocycles. The normalized spacial score (nSPS) is 13.3. The molecule has 5 heteroatoms. The van der Waals surface area contributed by atoms with E-state index in [1.807, 2.05) is 20.8 Å². The van der Waals surface area contributed by atoms with Crippen LogP contribution in [0.5, 0.6) is 0 Å². The molecule has 0 aliphatic heterocycles. The van der Waals surface area contributed by atoms with E-state index >= 15 is 0 Å². The summed E-state index contributed by atoms with van der Waals surface area (Å²) in [7, 11) is 0. The van der Waals surface area contributed by atoms with E-state index in [0.717, 1.165) is 6.20 Å². The Labute approximate surface area is 87.1 Å². The summed E-state index contributed by atoms with van der Waals surface area (Å²) in [6, 6.07) is 0. The van der Waals surface area contributed by atoms with E-state index < -0.39 is 17.3 Å². The van der Waals surface area contributed by atoms with Gasteiger partial charge < -0.3 is 0 Å². The first kappa shape index (κ1) is 12.1. The average Bonchev–Trinajstić information content (AvgIpc) is 2.44. The quantitative estimate of drug-likeness (QED) is 0.710. The van der Waals surface area contributed by atoms with Crippen LogP contribution in [0.3, 0.4) is 0 Å². The lowest BCUT2D eigenvalue weighted by molar-refractivity contribution is -0.138. The van der Waals surface area contributed by atoms with Crippen LogP contribution in [0.25, 0.3) is 0 Å². The first-order valence-corrected chi connectivity index (χ1v) is 4.82. The molecule has 0 spiro atoms. The molecule has 0 aliphatic rings. The van der Waals surface area contributed by atoms with E-state index in [2.05, 4.69) is 5.10 Å². The molecule has 1 heterocycles. The van der Waals surface area contributed by atoms with Gasteiger partial charge in [-0.15, -0.1) is 0 Å². The molecule has 0 fully saturated rings. The van der Waals surface area contributed by atoms with Gasteiger partial charge in [0, 0.05) is 6.20 Å². The van der Waals surface area contributed by atoms with Crippen LogP contribution >= 0.6 is 0 Å². The Bertz CT molecular complexity index is 345. The third-order valence-corrected chi connectivity index (χ3v) is 2.12. The number of alkyl halides is 3. The van der Waals surface area contributed by atoms with E-state index in [4.69, 9.17) is 0 Å². The second-order valence-corrected chi connectivity index (χ2v) is 4.46. The van der Waals surface area contributed by atoms with Gasteiger partial charge in [-0.25, -0.2) is 0 Å². The Kier molecular flexibility index (Phi) is 2.85. The molecule has 1 aromatic rings. The number of nitrogens with zero attached hydrogens (tertiary/aromatic N) is 2. The number of rotatable bonds is 1. The van der Waals surface area contributed by atoms with Gasteiger partial charge in [0.2, 0.25) is 0 Å². The van der Waals surface area contributed by atoms with E-state index in [1.54, 1.807) is 6.92 Å². The van der Waals surface area contributed by atoms with Crippen LogP contribution < -0.4 is 0 Å². The van der Waals surface area contributed by atoms with Gasteiger partial charge in [-0.2, -0.15) is 18.3 Å². The fourth-order valence-corrected chi connectivity index (χ4v) is 1.25. The first-order valence-electron chi connectivity index (χ1n) is 4.82. The molecule has 0 aromatic carbocycles. The van der Waals surface area contributed by atoms with Crippen LogP contribution in [0.4, 0.5) is 13.2 Å². The summed E-state index contributed by atoms with van der Waals surface area (Å²) in [6.07, 6.45) is -2.94.